The first-order valence-electron chi connectivity index (χ1n) is 5.31. The van der Waals surface area contributed by atoms with Crippen LogP contribution in [0, 0.1) is 5.41 Å². The monoisotopic (exact) mass is 217 g/mol. The molecule has 1 atom stereocenters. The molecular weight excluding hydrogens is 194 g/mol. The van der Waals surface area contributed by atoms with Crippen molar-refractivity contribution in [2.75, 3.05) is 20.3 Å². The van der Waals surface area contributed by atoms with Gasteiger partial charge in [-0.25, -0.2) is 0 Å². The Balaban J connectivity index is 3.76. The van der Waals surface area contributed by atoms with Gasteiger partial charge in [-0.15, -0.1) is 0 Å². The number of hydrogen-bond donors (Lipinski definition) is 2. The quantitative estimate of drug-likeness (QED) is 0.647. The second kappa shape index (κ2) is 6.80. The van der Waals surface area contributed by atoms with Crippen LogP contribution in [-0.2, 0) is 9.53 Å². The van der Waals surface area contributed by atoms with Crippen molar-refractivity contribution in [3.8, 4) is 0 Å². The van der Waals surface area contributed by atoms with Crippen LogP contribution in [0.3, 0.4) is 0 Å². The highest BCUT2D eigenvalue weighted by Crippen LogP contribution is 2.19. The Morgan fingerprint density at radius 1 is 1.53 bits per heavy atom. The Hall–Kier alpha value is -0.610. The van der Waals surface area contributed by atoms with Gasteiger partial charge in [0.25, 0.3) is 0 Å². The number of methoxy groups -OCH3 is 1. The third-order valence-electron chi connectivity index (χ3n) is 2.39. The van der Waals surface area contributed by atoms with Crippen LogP contribution in [0.25, 0.3) is 0 Å². The highest BCUT2D eigenvalue weighted by atomic mass is 16.5. The molecule has 15 heavy (non-hydrogen) atoms. The van der Waals surface area contributed by atoms with Gasteiger partial charge >= 0.3 is 5.97 Å². The summed E-state index contributed by atoms with van der Waals surface area (Å²) in [5, 5.41) is 11.8. The number of hydrogen-bond acceptors (Lipinski definition) is 3. The fourth-order valence-electron chi connectivity index (χ4n) is 1.25. The number of ether oxygens (including phenoxy) is 1. The summed E-state index contributed by atoms with van der Waals surface area (Å²) >= 11 is 0. The molecule has 0 aromatic rings. The van der Waals surface area contributed by atoms with Gasteiger partial charge in [0.05, 0.1) is 6.42 Å². The summed E-state index contributed by atoms with van der Waals surface area (Å²) < 4.78 is 5.03. The Bertz CT molecular complexity index is 192. The van der Waals surface area contributed by atoms with E-state index < -0.39 is 5.97 Å². The first-order valence-corrected chi connectivity index (χ1v) is 5.31. The van der Waals surface area contributed by atoms with Crippen LogP contribution in [0.15, 0.2) is 0 Å². The molecule has 0 saturated carbocycles. The van der Waals surface area contributed by atoms with Crippen LogP contribution in [0.4, 0.5) is 0 Å². The smallest absolute Gasteiger partial charge is 0.304 e. The summed E-state index contributed by atoms with van der Waals surface area (Å²) in [7, 11) is 1.69. The third kappa shape index (κ3) is 8.39. The highest BCUT2D eigenvalue weighted by molar-refractivity contribution is 5.67. The fraction of sp³-hybridized carbons (Fsp3) is 0.909. The predicted octanol–water partition coefficient (Wildman–Crippen LogP) is 1.50. The molecule has 0 aromatic heterocycles. The maximum absolute atomic E-state index is 10.4. The Morgan fingerprint density at radius 3 is 2.60 bits per heavy atom. The van der Waals surface area contributed by atoms with E-state index in [4.69, 9.17) is 9.84 Å². The van der Waals surface area contributed by atoms with Crippen LogP contribution in [-0.4, -0.2) is 37.4 Å². The van der Waals surface area contributed by atoms with Crippen molar-refractivity contribution >= 4 is 5.97 Å². The minimum atomic E-state index is -0.760. The van der Waals surface area contributed by atoms with Crippen molar-refractivity contribution in [2.24, 2.45) is 5.41 Å². The molecule has 0 aromatic carbocycles. The molecule has 0 bridgehead atoms. The van der Waals surface area contributed by atoms with E-state index in [1.165, 1.54) is 0 Å². The lowest BCUT2D eigenvalue weighted by Gasteiger charge is -2.26. The molecule has 0 spiro atoms. The van der Waals surface area contributed by atoms with E-state index in [0.29, 0.717) is 0 Å². The van der Waals surface area contributed by atoms with E-state index in [9.17, 15) is 4.79 Å². The number of aliphatic carboxylic acids is 1. The van der Waals surface area contributed by atoms with Crippen molar-refractivity contribution in [3.05, 3.63) is 0 Å². The molecule has 0 aliphatic carbocycles. The van der Waals surface area contributed by atoms with Gasteiger partial charge in [0.15, 0.2) is 0 Å². The maximum atomic E-state index is 10.4. The largest absolute Gasteiger partial charge is 0.481 e. The van der Waals surface area contributed by atoms with Crippen molar-refractivity contribution in [3.63, 3.8) is 0 Å². The predicted molar refractivity (Wildman–Crippen MR) is 60.0 cm³/mol. The standard InChI is InChI=1S/C11H23NO3/c1-9(7-10(13)14)12-8-11(2,3)5-6-15-4/h9,12H,5-8H2,1-4H3,(H,13,14). The Labute approximate surface area is 92.0 Å². The fourth-order valence-corrected chi connectivity index (χ4v) is 1.25. The van der Waals surface area contributed by atoms with Crippen molar-refractivity contribution < 1.29 is 14.6 Å². The van der Waals surface area contributed by atoms with Crippen LogP contribution >= 0.6 is 0 Å². The molecule has 0 heterocycles. The normalized spacial score (nSPS) is 13.9. The van der Waals surface area contributed by atoms with Gasteiger partial charge in [-0.1, -0.05) is 13.8 Å². The molecule has 4 nitrogen and oxygen atoms in total. The second-order valence-corrected chi connectivity index (χ2v) is 4.79. The number of carbonyl (C=O) groups is 1. The first kappa shape index (κ1) is 14.4. The van der Waals surface area contributed by atoms with E-state index in [0.717, 1.165) is 19.6 Å². The molecular formula is C11H23NO3. The summed E-state index contributed by atoms with van der Waals surface area (Å²) in [4.78, 5) is 10.4. The summed E-state index contributed by atoms with van der Waals surface area (Å²) in [6, 6.07) is 0.0179. The van der Waals surface area contributed by atoms with E-state index in [1.54, 1.807) is 7.11 Å². The van der Waals surface area contributed by atoms with E-state index >= 15 is 0 Å². The summed E-state index contributed by atoms with van der Waals surface area (Å²) in [6.45, 7) is 7.73. The summed E-state index contributed by atoms with van der Waals surface area (Å²) in [6.07, 6.45) is 1.14. The van der Waals surface area contributed by atoms with Crippen molar-refractivity contribution in [1.29, 1.82) is 0 Å². The SMILES string of the molecule is COCCC(C)(C)CNC(C)CC(=O)O. The van der Waals surface area contributed by atoms with Gasteiger partial charge in [-0.05, 0) is 18.8 Å². The molecule has 0 aliphatic rings. The lowest BCUT2D eigenvalue weighted by molar-refractivity contribution is -0.137. The van der Waals surface area contributed by atoms with E-state index in [1.807, 2.05) is 6.92 Å². The number of rotatable bonds is 8. The molecule has 4 heteroatoms. The van der Waals surface area contributed by atoms with Gasteiger partial charge in [-0.3, -0.25) is 4.79 Å². The first-order chi connectivity index (χ1) is 6.87. The zero-order valence-electron chi connectivity index (χ0n) is 10.2. The molecule has 0 rings (SSSR count). The molecule has 0 aliphatic heterocycles. The number of nitrogens with one attached hydrogen (secondary N) is 1. The summed E-state index contributed by atoms with van der Waals surface area (Å²) in [5.41, 5.74) is 0.142. The van der Waals surface area contributed by atoms with Crippen LogP contribution in [0.1, 0.15) is 33.6 Å². The lowest BCUT2D eigenvalue weighted by atomic mass is 9.89. The Morgan fingerprint density at radius 2 is 2.13 bits per heavy atom. The average molecular weight is 217 g/mol. The minimum Gasteiger partial charge on any atom is -0.481 e. The topological polar surface area (TPSA) is 58.6 Å². The summed E-state index contributed by atoms with van der Waals surface area (Å²) in [5.74, 6) is -0.760. The van der Waals surface area contributed by atoms with Crippen molar-refractivity contribution in [2.45, 2.75) is 39.7 Å². The number of carboxylic acid groups (broad SMARTS) is 1. The minimum absolute atomic E-state index is 0.0179. The van der Waals surface area contributed by atoms with Gasteiger partial charge in [0.2, 0.25) is 0 Å². The molecule has 0 fully saturated rings. The second-order valence-electron chi connectivity index (χ2n) is 4.79. The Kier molecular flexibility index (Phi) is 6.52. The molecule has 2 N–H and O–H groups in total. The zero-order valence-corrected chi connectivity index (χ0v) is 10.2. The van der Waals surface area contributed by atoms with Gasteiger partial charge < -0.3 is 15.2 Å². The molecule has 0 amide bonds. The lowest BCUT2D eigenvalue weighted by Crippen LogP contribution is -2.37. The van der Waals surface area contributed by atoms with Gasteiger partial charge in [0.1, 0.15) is 0 Å². The average Bonchev–Trinajstić information content (AvgIpc) is 2.11. The van der Waals surface area contributed by atoms with Crippen LogP contribution < -0.4 is 5.32 Å². The third-order valence-corrected chi connectivity index (χ3v) is 2.39. The molecule has 0 saturated heterocycles. The van der Waals surface area contributed by atoms with Gasteiger partial charge in [0, 0.05) is 26.3 Å². The molecule has 90 valence electrons. The maximum Gasteiger partial charge on any atom is 0.304 e. The highest BCUT2D eigenvalue weighted by Gasteiger charge is 2.18. The van der Waals surface area contributed by atoms with Crippen LogP contribution in [0.5, 0.6) is 0 Å². The van der Waals surface area contributed by atoms with E-state index in [-0.39, 0.29) is 17.9 Å². The molecule has 1 unspecified atom stereocenters. The van der Waals surface area contributed by atoms with Crippen LogP contribution in [0.2, 0.25) is 0 Å². The van der Waals surface area contributed by atoms with E-state index in [2.05, 4.69) is 19.2 Å². The zero-order chi connectivity index (χ0) is 11.9. The molecule has 0 radical (unpaired) electrons. The van der Waals surface area contributed by atoms with Crippen molar-refractivity contribution in [1.82, 2.24) is 5.32 Å². The number of carboxylic acids is 1. The van der Waals surface area contributed by atoms with Gasteiger partial charge in [-0.2, -0.15) is 0 Å².